The molecular weight excluding hydrogens is 238 g/mol. The summed E-state index contributed by atoms with van der Waals surface area (Å²) in [7, 11) is 0. The number of hydrogen-bond acceptors (Lipinski definition) is 3. The van der Waals surface area contributed by atoms with Gasteiger partial charge in [0.25, 0.3) is 0 Å². The first-order valence-electron chi connectivity index (χ1n) is 9.05. The predicted octanol–water partition coefficient (Wildman–Crippen LogP) is 2.27. The largest absolute Gasteiger partial charge is 0.361 e. The van der Waals surface area contributed by atoms with Crippen molar-refractivity contribution in [3.8, 4) is 0 Å². The second-order valence-electron chi connectivity index (χ2n) is 4.03. The van der Waals surface area contributed by atoms with Gasteiger partial charge in [-0.2, -0.15) is 0 Å². The van der Waals surface area contributed by atoms with Gasteiger partial charge in [0.2, 0.25) is 5.79 Å². The first-order valence-corrected chi connectivity index (χ1v) is 5.42. The van der Waals surface area contributed by atoms with Crippen molar-refractivity contribution in [1.82, 2.24) is 5.32 Å². The molecule has 1 aliphatic heterocycles. The zero-order chi connectivity index (χ0) is 19.5. The Balaban J connectivity index is 2.63. The van der Waals surface area contributed by atoms with Gasteiger partial charge in [0.15, 0.2) is 0 Å². The Morgan fingerprint density at radius 1 is 1.65 bits per heavy atom. The summed E-state index contributed by atoms with van der Waals surface area (Å²) in [5.41, 5.74) is -2.97. The molecule has 1 aliphatic rings. The quantitative estimate of drug-likeness (QED) is 0.817. The maximum atomic E-state index is 10.9. The van der Waals surface area contributed by atoms with E-state index in [1.807, 2.05) is 0 Å². The summed E-state index contributed by atoms with van der Waals surface area (Å²) in [4.78, 5) is 0. The lowest BCUT2D eigenvalue weighted by Gasteiger charge is -2.46. The molecule has 1 fully saturated rings. The van der Waals surface area contributed by atoms with E-state index in [4.69, 9.17) is 27.3 Å². The summed E-state index contributed by atoms with van der Waals surface area (Å²) in [6.07, 6.45) is 0. The molecule has 2 atom stereocenters. The molecule has 0 aliphatic carbocycles. The molecule has 2 N–H and O–H groups in total. The molecule has 1 aromatic carbocycles. The summed E-state index contributed by atoms with van der Waals surface area (Å²) in [6.45, 7) is -8.52. The van der Waals surface area contributed by atoms with Crippen LogP contribution in [0, 0.1) is 0 Å². The highest BCUT2D eigenvalue weighted by molar-refractivity contribution is 6.30. The fourth-order valence-electron chi connectivity index (χ4n) is 1.71. The summed E-state index contributed by atoms with van der Waals surface area (Å²) >= 11 is 5.89. The molecule has 0 spiro atoms. The van der Waals surface area contributed by atoms with Crippen LogP contribution in [0.2, 0.25) is 5.02 Å². The fourth-order valence-corrected chi connectivity index (χ4v) is 1.91. The minimum Gasteiger partial charge on any atom is -0.361 e. The molecule has 2 rings (SSSR count). The second-order valence-corrected chi connectivity index (χ2v) is 4.46. The summed E-state index contributed by atoms with van der Waals surface area (Å²) in [6, 6.07) is 4.50. The molecule has 0 amide bonds. The SMILES string of the molecule is [2H]C([2H])([2H])C1(C([2H])([2H])[2H])N[C@@H](C)[C@](O)(c2cccc(Cl)c2)OC1([2H])[2H]. The van der Waals surface area contributed by atoms with Crippen molar-refractivity contribution < 1.29 is 20.8 Å². The van der Waals surface area contributed by atoms with Crippen LogP contribution < -0.4 is 5.32 Å². The third kappa shape index (κ3) is 2.47. The Hall–Kier alpha value is -0.610. The summed E-state index contributed by atoms with van der Waals surface area (Å²) < 4.78 is 67.0. The smallest absolute Gasteiger partial charge is 0.208 e. The number of nitrogens with one attached hydrogen (secondary N) is 1. The standard InChI is InChI=1S/C13H18ClNO2/c1-9-13(16,17-8-12(2,3)15-9)10-5-4-6-11(14)7-10/h4-7,9,15-16H,8H2,1-3H3/t9-,13+/m0/s1/i2D3,3D3,8D2. The molecule has 0 radical (unpaired) electrons. The van der Waals surface area contributed by atoms with E-state index in [2.05, 4.69) is 5.32 Å². The van der Waals surface area contributed by atoms with Gasteiger partial charge in [-0.1, -0.05) is 23.7 Å². The van der Waals surface area contributed by atoms with Crippen LogP contribution in [-0.4, -0.2) is 23.2 Å². The molecule has 0 unspecified atom stereocenters. The van der Waals surface area contributed by atoms with Crippen LogP contribution in [0.4, 0.5) is 0 Å². The fraction of sp³-hybridized carbons (Fsp3) is 0.538. The maximum absolute atomic E-state index is 10.9. The average Bonchev–Trinajstić information content (AvgIpc) is 2.39. The van der Waals surface area contributed by atoms with E-state index >= 15 is 0 Å². The second kappa shape index (κ2) is 4.25. The first-order chi connectivity index (χ1) is 11.1. The topological polar surface area (TPSA) is 41.5 Å². The predicted molar refractivity (Wildman–Crippen MR) is 68.0 cm³/mol. The van der Waals surface area contributed by atoms with Crippen LogP contribution in [0.1, 0.15) is 37.2 Å². The van der Waals surface area contributed by atoms with Crippen LogP contribution in [0.5, 0.6) is 0 Å². The van der Waals surface area contributed by atoms with E-state index in [0.717, 1.165) is 0 Å². The molecule has 1 aromatic rings. The Morgan fingerprint density at radius 2 is 2.41 bits per heavy atom. The van der Waals surface area contributed by atoms with E-state index in [1.165, 1.54) is 31.2 Å². The van der Waals surface area contributed by atoms with Crippen molar-refractivity contribution >= 4 is 11.6 Å². The molecule has 17 heavy (non-hydrogen) atoms. The van der Waals surface area contributed by atoms with E-state index in [9.17, 15) is 5.11 Å². The van der Waals surface area contributed by atoms with Gasteiger partial charge in [0, 0.05) is 24.3 Å². The first kappa shape index (κ1) is 6.02. The zero-order valence-corrected chi connectivity index (χ0v) is 9.88. The van der Waals surface area contributed by atoms with Gasteiger partial charge < -0.3 is 15.2 Å². The van der Waals surface area contributed by atoms with Crippen LogP contribution in [0.25, 0.3) is 0 Å². The van der Waals surface area contributed by atoms with E-state index in [1.54, 1.807) is 0 Å². The lowest BCUT2D eigenvalue weighted by atomic mass is 9.93. The number of morpholine rings is 1. The number of aliphatic hydroxyl groups is 1. The van der Waals surface area contributed by atoms with Gasteiger partial charge in [-0.3, -0.25) is 0 Å². The Labute approximate surface area is 118 Å². The van der Waals surface area contributed by atoms with Crippen LogP contribution >= 0.6 is 11.6 Å². The van der Waals surface area contributed by atoms with Crippen LogP contribution in [-0.2, 0) is 10.5 Å². The van der Waals surface area contributed by atoms with Gasteiger partial charge in [-0.25, -0.2) is 0 Å². The number of rotatable bonds is 1. The van der Waals surface area contributed by atoms with Gasteiger partial charge >= 0.3 is 0 Å². The average molecular weight is 264 g/mol. The molecule has 3 nitrogen and oxygen atoms in total. The van der Waals surface area contributed by atoms with Crippen LogP contribution in [0.15, 0.2) is 24.3 Å². The summed E-state index contributed by atoms with van der Waals surface area (Å²) in [5, 5.41) is 13.4. The van der Waals surface area contributed by atoms with Gasteiger partial charge in [0.1, 0.15) is 0 Å². The number of ether oxygens (including phenoxy) is 1. The number of benzene rings is 1. The van der Waals surface area contributed by atoms with E-state index < -0.39 is 37.6 Å². The molecule has 0 saturated carbocycles. The lowest BCUT2D eigenvalue weighted by Crippen LogP contribution is -2.63. The molecule has 0 bridgehead atoms. The Kier molecular flexibility index (Phi) is 1.50. The highest BCUT2D eigenvalue weighted by Crippen LogP contribution is 2.33. The van der Waals surface area contributed by atoms with Gasteiger partial charge in [0.05, 0.1) is 15.3 Å². The highest BCUT2D eigenvalue weighted by atomic mass is 35.5. The monoisotopic (exact) mass is 263 g/mol. The van der Waals surface area contributed by atoms with Crippen molar-refractivity contribution in [1.29, 1.82) is 0 Å². The van der Waals surface area contributed by atoms with Crippen molar-refractivity contribution in [2.75, 3.05) is 6.56 Å². The normalized spacial score (nSPS) is 43.8. The number of hydrogen-bond donors (Lipinski definition) is 2. The summed E-state index contributed by atoms with van der Waals surface area (Å²) in [5.74, 6) is -2.32. The van der Waals surface area contributed by atoms with Gasteiger partial charge in [-0.15, -0.1) is 0 Å². The molecule has 94 valence electrons. The molecule has 1 heterocycles. The lowest BCUT2D eigenvalue weighted by molar-refractivity contribution is -0.263. The highest BCUT2D eigenvalue weighted by Gasteiger charge is 2.44. The zero-order valence-electron chi connectivity index (χ0n) is 17.1. The molecule has 0 aromatic heterocycles. The van der Waals surface area contributed by atoms with Gasteiger partial charge in [-0.05, 0) is 32.8 Å². The molecule has 4 heteroatoms. The van der Waals surface area contributed by atoms with E-state index in [-0.39, 0.29) is 10.6 Å². The van der Waals surface area contributed by atoms with Crippen molar-refractivity contribution in [2.45, 2.75) is 38.0 Å². The Bertz CT molecular complexity index is 648. The Morgan fingerprint density at radius 3 is 3.06 bits per heavy atom. The maximum Gasteiger partial charge on any atom is 0.208 e. The number of halogens is 1. The van der Waals surface area contributed by atoms with Crippen molar-refractivity contribution in [2.24, 2.45) is 0 Å². The van der Waals surface area contributed by atoms with Crippen molar-refractivity contribution in [3.05, 3.63) is 34.9 Å². The third-order valence-electron chi connectivity index (χ3n) is 2.62. The molecule has 1 saturated heterocycles. The van der Waals surface area contributed by atoms with E-state index in [0.29, 0.717) is 0 Å². The van der Waals surface area contributed by atoms with Crippen molar-refractivity contribution in [3.63, 3.8) is 0 Å². The molecular formula is C13H18ClNO2. The third-order valence-corrected chi connectivity index (χ3v) is 2.85. The van der Waals surface area contributed by atoms with Crippen LogP contribution in [0.3, 0.4) is 0 Å². The minimum atomic E-state index is -3.29. The minimum absolute atomic E-state index is 0.0635.